The molecule has 0 bridgehead atoms. The maximum absolute atomic E-state index is 12.9. The summed E-state index contributed by atoms with van der Waals surface area (Å²) in [5.41, 5.74) is 1.99. The van der Waals surface area contributed by atoms with E-state index in [-0.39, 0.29) is 48.7 Å². The van der Waals surface area contributed by atoms with Crippen molar-refractivity contribution in [3.8, 4) is 0 Å². The normalized spacial score (nSPS) is 17.0. The molecule has 0 spiro atoms. The van der Waals surface area contributed by atoms with Crippen molar-refractivity contribution in [3.05, 3.63) is 59.2 Å². The third-order valence-electron chi connectivity index (χ3n) is 6.54. The van der Waals surface area contributed by atoms with Gasteiger partial charge in [-0.15, -0.1) is 0 Å². The van der Waals surface area contributed by atoms with Gasteiger partial charge in [-0.25, -0.2) is 0 Å². The summed E-state index contributed by atoms with van der Waals surface area (Å²) in [6.45, 7) is 3.94. The van der Waals surface area contributed by atoms with Crippen molar-refractivity contribution >= 4 is 39.4 Å². The lowest BCUT2D eigenvalue weighted by Gasteiger charge is -2.27. The fraction of sp³-hybridized carbons (Fsp3) is 0.429. The summed E-state index contributed by atoms with van der Waals surface area (Å²) >= 11 is 0. The molecule has 14 heteroatoms. The Bertz CT molecular complexity index is 1410. The summed E-state index contributed by atoms with van der Waals surface area (Å²) in [5.74, 6) is -2.19. The van der Waals surface area contributed by atoms with Gasteiger partial charge in [-0.1, -0.05) is 17.7 Å². The summed E-state index contributed by atoms with van der Waals surface area (Å²) in [6, 6.07) is 10.2. The average Bonchev–Trinajstić information content (AvgIpc) is 3.20. The van der Waals surface area contributed by atoms with Crippen LogP contribution in [0.4, 0.5) is 5.69 Å². The summed E-state index contributed by atoms with van der Waals surface area (Å²) in [5, 5.41) is 5.30. The lowest BCUT2D eigenvalue weighted by molar-refractivity contribution is -0.136. The summed E-state index contributed by atoms with van der Waals surface area (Å²) in [7, 11) is -3.81. The SMILES string of the molecule is Cc1ccc(S(=O)(=O)OCCOCCOCCOCCNc2ccc3c(c2)C(=O)N(C2CCC(=O)NC2=O)C3=O)cc1. The lowest BCUT2D eigenvalue weighted by Crippen LogP contribution is -2.54. The predicted octanol–water partition coefficient (Wildman–Crippen LogP) is 1.26. The van der Waals surface area contributed by atoms with Crippen LogP contribution in [0.3, 0.4) is 0 Å². The van der Waals surface area contributed by atoms with Gasteiger partial charge in [0.15, 0.2) is 0 Å². The molecule has 0 aromatic heterocycles. The minimum absolute atomic E-state index is 0.0640. The Labute approximate surface area is 243 Å². The number of amides is 4. The van der Waals surface area contributed by atoms with E-state index in [1.807, 2.05) is 6.92 Å². The van der Waals surface area contributed by atoms with Crippen molar-refractivity contribution < 1.29 is 46.0 Å². The fourth-order valence-electron chi connectivity index (χ4n) is 4.37. The second kappa shape index (κ2) is 14.5. The van der Waals surface area contributed by atoms with Gasteiger partial charge in [-0.2, -0.15) is 8.42 Å². The number of hydrogen-bond acceptors (Lipinski definition) is 11. The molecule has 0 saturated carbocycles. The van der Waals surface area contributed by atoms with E-state index in [0.717, 1.165) is 10.5 Å². The molecule has 0 radical (unpaired) electrons. The van der Waals surface area contributed by atoms with Crippen LogP contribution in [0.1, 0.15) is 39.1 Å². The van der Waals surface area contributed by atoms with Gasteiger partial charge in [0.2, 0.25) is 11.8 Å². The van der Waals surface area contributed by atoms with E-state index in [1.54, 1.807) is 24.3 Å². The molecule has 1 fully saturated rings. The molecule has 4 rings (SSSR count). The van der Waals surface area contributed by atoms with Crippen LogP contribution in [0.15, 0.2) is 47.4 Å². The highest BCUT2D eigenvalue weighted by molar-refractivity contribution is 7.86. The molecule has 1 saturated heterocycles. The van der Waals surface area contributed by atoms with Crippen molar-refractivity contribution in [2.24, 2.45) is 0 Å². The highest BCUT2D eigenvalue weighted by Crippen LogP contribution is 2.29. The number of benzene rings is 2. The molecular formula is C28H33N3O10S. The van der Waals surface area contributed by atoms with Gasteiger partial charge in [-0.3, -0.25) is 33.6 Å². The largest absolute Gasteiger partial charge is 0.383 e. The van der Waals surface area contributed by atoms with E-state index < -0.39 is 39.8 Å². The number of hydrogen-bond donors (Lipinski definition) is 2. The van der Waals surface area contributed by atoms with Crippen molar-refractivity contribution in [2.75, 3.05) is 58.1 Å². The van der Waals surface area contributed by atoms with E-state index >= 15 is 0 Å². The number of rotatable bonds is 16. The van der Waals surface area contributed by atoms with E-state index in [1.165, 1.54) is 18.2 Å². The topological polar surface area (TPSA) is 167 Å². The molecule has 226 valence electrons. The molecule has 2 aromatic carbocycles. The Hall–Kier alpha value is -3.69. The number of carbonyl (C=O) groups excluding carboxylic acids is 4. The van der Waals surface area contributed by atoms with Crippen LogP contribution in [0.2, 0.25) is 0 Å². The highest BCUT2D eigenvalue weighted by atomic mass is 32.2. The minimum atomic E-state index is -3.81. The Morgan fingerprint density at radius 1 is 0.833 bits per heavy atom. The maximum atomic E-state index is 12.9. The monoisotopic (exact) mass is 603 g/mol. The molecule has 2 aliphatic rings. The third-order valence-corrected chi connectivity index (χ3v) is 7.86. The predicted molar refractivity (Wildman–Crippen MR) is 148 cm³/mol. The molecule has 2 aromatic rings. The Morgan fingerprint density at radius 3 is 2.12 bits per heavy atom. The van der Waals surface area contributed by atoms with Crippen LogP contribution in [-0.4, -0.2) is 95.8 Å². The van der Waals surface area contributed by atoms with Crippen molar-refractivity contribution in [3.63, 3.8) is 0 Å². The lowest BCUT2D eigenvalue weighted by atomic mass is 10.0. The first-order chi connectivity index (χ1) is 20.2. The van der Waals surface area contributed by atoms with Gasteiger partial charge in [0.25, 0.3) is 21.9 Å². The Balaban J connectivity index is 1.05. The molecule has 42 heavy (non-hydrogen) atoms. The number of imide groups is 2. The number of aryl methyl sites for hydroxylation is 1. The standard InChI is InChI=1S/C28H33N3O10S/c1-19-2-5-21(6-3-19)42(36,37)41-17-16-40-15-14-39-13-12-38-11-10-29-20-4-7-22-23(18-20)28(35)31(27(22)34)24-8-9-25(32)30-26(24)33/h2-7,18,24,29H,8-17H2,1H3,(H,30,32,33). The third kappa shape index (κ3) is 7.98. The van der Waals surface area contributed by atoms with Gasteiger partial charge in [0, 0.05) is 18.7 Å². The zero-order valence-corrected chi connectivity index (χ0v) is 23.9. The number of carbonyl (C=O) groups is 4. The number of nitrogens with one attached hydrogen (secondary N) is 2. The molecule has 2 heterocycles. The van der Waals surface area contributed by atoms with Gasteiger partial charge in [0.1, 0.15) is 6.04 Å². The Morgan fingerprint density at radius 2 is 1.45 bits per heavy atom. The summed E-state index contributed by atoms with van der Waals surface area (Å²) in [6.07, 6.45) is 0.167. The van der Waals surface area contributed by atoms with Crippen LogP contribution < -0.4 is 10.6 Å². The Kier molecular flexibility index (Phi) is 10.8. The molecule has 13 nitrogen and oxygen atoms in total. The number of nitrogens with zero attached hydrogens (tertiary/aromatic N) is 1. The van der Waals surface area contributed by atoms with Crippen LogP contribution in [0.5, 0.6) is 0 Å². The van der Waals surface area contributed by atoms with Gasteiger partial charge < -0.3 is 19.5 Å². The number of piperidine rings is 1. The van der Waals surface area contributed by atoms with E-state index in [9.17, 15) is 27.6 Å². The van der Waals surface area contributed by atoms with Crippen LogP contribution in [-0.2, 0) is 38.1 Å². The maximum Gasteiger partial charge on any atom is 0.297 e. The number of ether oxygens (including phenoxy) is 3. The van der Waals surface area contributed by atoms with Gasteiger partial charge in [0.05, 0.1) is 62.3 Å². The molecule has 2 N–H and O–H groups in total. The second-order valence-electron chi connectivity index (χ2n) is 9.56. The number of fused-ring (bicyclic) bond motifs is 1. The first-order valence-electron chi connectivity index (χ1n) is 13.5. The quantitative estimate of drug-likeness (QED) is 0.161. The highest BCUT2D eigenvalue weighted by Gasteiger charge is 2.44. The zero-order chi connectivity index (χ0) is 30.1. The smallest absolute Gasteiger partial charge is 0.297 e. The van der Waals surface area contributed by atoms with Crippen LogP contribution in [0, 0.1) is 6.92 Å². The van der Waals surface area contributed by atoms with E-state index in [4.69, 9.17) is 18.4 Å². The van der Waals surface area contributed by atoms with Crippen molar-refractivity contribution in [1.29, 1.82) is 0 Å². The molecule has 4 amide bonds. The van der Waals surface area contributed by atoms with E-state index in [0.29, 0.717) is 38.7 Å². The first-order valence-corrected chi connectivity index (χ1v) is 14.9. The van der Waals surface area contributed by atoms with Crippen molar-refractivity contribution in [2.45, 2.75) is 30.7 Å². The van der Waals surface area contributed by atoms with Gasteiger partial charge >= 0.3 is 0 Å². The number of anilines is 1. The molecular weight excluding hydrogens is 570 g/mol. The fourth-order valence-corrected chi connectivity index (χ4v) is 5.26. The summed E-state index contributed by atoms with van der Waals surface area (Å²) < 4.78 is 45.4. The van der Waals surface area contributed by atoms with Crippen LogP contribution >= 0.6 is 0 Å². The molecule has 1 unspecified atom stereocenters. The second-order valence-corrected chi connectivity index (χ2v) is 11.2. The minimum Gasteiger partial charge on any atom is -0.383 e. The zero-order valence-electron chi connectivity index (χ0n) is 23.1. The summed E-state index contributed by atoms with van der Waals surface area (Å²) in [4.78, 5) is 50.3. The molecule has 2 aliphatic heterocycles. The van der Waals surface area contributed by atoms with E-state index in [2.05, 4.69) is 10.6 Å². The first kappa shape index (κ1) is 31.3. The van der Waals surface area contributed by atoms with Crippen LogP contribution in [0.25, 0.3) is 0 Å². The molecule has 1 atom stereocenters. The van der Waals surface area contributed by atoms with Crippen molar-refractivity contribution in [1.82, 2.24) is 10.2 Å². The van der Waals surface area contributed by atoms with Gasteiger partial charge in [-0.05, 0) is 43.7 Å². The average molecular weight is 604 g/mol. The molecule has 0 aliphatic carbocycles.